The number of rotatable bonds is 7. The Kier molecular flexibility index (Phi) is 5.98. The van der Waals surface area contributed by atoms with E-state index in [1.54, 1.807) is 19.1 Å². The molecule has 0 spiro atoms. The smallest absolute Gasteiger partial charge is 0.338 e. The molecule has 0 bridgehead atoms. The second kappa shape index (κ2) is 8.40. The number of nitrogens with zero attached hydrogens (tertiary/aromatic N) is 1. The Bertz CT molecular complexity index is 662. The molecule has 2 amide bonds. The van der Waals surface area contributed by atoms with Gasteiger partial charge in [0.2, 0.25) is 0 Å². The van der Waals surface area contributed by atoms with Crippen LogP contribution in [0.1, 0.15) is 44.4 Å². The van der Waals surface area contributed by atoms with E-state index in [2.05, 4.69) is 15.5 Å². The summed E-state index contributed by atoms with van der Waals surface area (Å²) in [5.74, 6) is 0.759. The van der Waals surface area contributed by atoms with Crippen LogP contribution < -0.4 is 10.6 Å². The van der Waals surface area contributed by atoms with Crippen LogP contribution in [0.2, 0.25) is 0 Å². The molecule has 0 saturated heterocycles. The van der Waals surface area contributed by atoms with Gasteiger partial charge >= 0.3 is 12.0 Å². The van der Waals surface area contributed by atoms with Gasteiger partial charge in [0.05, 0.1) is 18.4 Å². The van der Waals surface area contributed by atoms with Gasteiger partial charge in [0.1, 0.15) is 11.8 Å². The number of likely N-dealkylation sites (N-methyl/N-ethyl adjacent to an activating group) is 1. The molecule has 2 aliphatic rings. The Morgan fingerprint density at radius 2 is 2.15 bits per heavy atom. The molecule has 1 aromatic heterocycles. The normalized spacial score (nSPS) is 21.0. The molecule has 2 N–H and O–H groups in total. The van der Waals surface area contributed by atoms with E-state index >= 15 is 0 Å². The van der Waals surface area contributed by atoms with Crippen LogP contribution in [0, 0.1) is 5.92 Å². The summed E-state index contributed by atoms with van der Waals surface area (Å²) in [6.07, 6.45) is 6.60. The van der Waals surface area contributed by atoms with Crippen LogP contribution in [0.5, 0.6) is 0 Å². The minimum Gasteiger partial charge on any atom is -0.467 e. The van der Waals surface area contributed by atoms with E-state index in [0.29, 0.717) is 29.5 Å². The molecule has 1 saturated carbocycles. The monoisotopic (exact) mass is 361 g/mol. The maximum atomic E-state index is 12.6. The van der Waals surface area contributed by atoms with Gasteiger partial charge in [0.25, 0.3) is 0 Å². The van der Waals surface area contributed by atoms with Crippen molar-refractivity contribution >= 4 is 12.0 Å². The minimum atomic E-state index is -0.646. The molecule has 142 valence electrons. The highest BCUT2D eigenvalue weighted by Gasteiger charge is 2.35. The predicted molar refractivity (Wildman–Crippen MR) is 96.2 cm³/mol. The third-order valence-corrected chi connectivity index (χ3v) is 4.95. The van der Waals surface area contributed by atoms with Gasteiger partial charge in [-0.2, -0.15) is 0 Å². The van der Waals surface area contributed by atoms with Crippen molar-refractivity contribution in [1.82, 2.24) is 15.5 Å². The van der Waals surface area contributed by atoms with E-state index in [4.69, 9.17) is 9.15 Å². The Morgan fingerprint density at radius 1 is 1.38 bits per heavy atom. The van der Waals surface area contributed by atoms with Crippen molar-refractivity contribution < 1.29 is 18.7 Å². The van der Waals surface area contributed by atoms with Crippen molar-refractivity contribution in [2.45, 2.75) is 38.6 Å². The van der Waals surface area contributed by atoms with Crippen LogP contribution in [-0.2, 0) is 9.53 Å². The van der Waals surface area contributed by atoms with E-state index < -0.39 is 12.0 Å². The van der Waals surface area contributed by atoms with Gasteiger partial charge in [-0.05, 0) is 44.9 Å². The lowest BCUT2D eigenvalue weighted by Gasteiger charge is -2.30. The summed E-state index contributed by atoms with van der Waals surface area (Å²) in [5, 5.41) is 5.56. The number of amides is 2. The summed E-state index contributed by atoms with van der Waals surface area (Å²) in [6.45, 7) is 3.47. The van der Waals surface area contributed by atoms with Crippen molar-refractivity contribution in [3.63, 3.8) is 0 Å². The van der Waals surface area contributed by atoms with Crippen LogP contribution in [-0.4, -0.2) is 43.6 Å². The van der Waals surface area contributed by atoms with Crippen molar-refractivity contribution in [2.24, 2.45) is 5.92 Å². The first-order valence-electron chi connectivity index (χ1n) is 9.28. The fourth-order valence-electron chi connectivity index (χ4n) is 3.83. The molecule has 3 rings (SSSR count). The zero-order valence-corrected chi connectivity index (χ0v) is 15.4. The number of nitrogens with one attached hydrogen (secondary N) is 2. The number of hydrogen-bond donors (Lipinski definition) is 2. The summed E-state index contributed by atoms with van der Waals surface area (Å²) in [4.78, 5) is 26.9. The number of carbonyl (C=O) groups is 2. The largest absolute Gasteiger partial charge is 0.467 e. The summed E-state index contributed by atoms with van der Waals surface area (Å²) in [6, 6.07) is 2.49. The number of carbonyl (C=O) groups excluding carboxylic acids is 2. The zero-order chi connectivity index (χ0) is 18.5. The zero-order valence-electron chi connectivity index (χ0n) is 15.4. The Hall–Kier alpha value is -2.28. The highest BCUT2D eigenvalue weighted by atomic mass is 16.5. The van der Waals surface area contributed by atoms with Crippen molar-refractivity contribution in [2.75, 3.05) is 26.7 Å². The average molecular weight is 361 g/mol. The Morgan fingerprint density at radius 3 is 2.81 bits per heavy atom. The molecular weight excluding hydrogens is 334 g/mol. The van der Waals surface area contributed by atoms with E-state index in [1.165, 1.54) is 31.9 Å². The lowest BCUT2D eigenvalue weighted by molar-refractivity contribution is -0.139. The molecule has 1 atom stereocenters. The lowest BCUT2D eigenvalue weighted by Crippen LogP contribution is -2.48. The van der Waals surface area contributed by atoms with E-state index in [1.807, 2.05) is 7.05 Å². The maximum Gasteiger partial charge on any atom is 0.338 e. The Balaban J connectivity index is 1.85. The molecule has 1 fully saturated rings. The number of ether oxygens (including phenoxy) is 1. The molecular formula is C19H27N3O4. The van der Waals surface area contributed by atoms with Crippen LogP contribution in [0.3, 0.4) is 0 Å². The second-order valence-electron chi connectivity index (χ2n) is 7.01. The summed E-state index contributed by atoms with van der Waals surface area (Å²) >= 11 is 0. The fourth-order valence-corrected chi connectivity index (χ4v) is 3.83. The molecule has 0 radical (unpaired) electrons. The van der Waals surface area contributed by atoms with Gasteiger partial charge in [-0.25, -0.2) is 9.59 Å². The maximum absolute atomic E-state index is 12.6. The van der Waals surface area contributed by atoms with Crippen molar-refractivity contribution in [1.29, 1.82) is 0 Å². The van der Waals surface area contributed by atoms with Gasteiger partial charge in [-0.1, -0.05) is 12.8 Å². The molecule has 26 heavy (non-hydrogen) atoms. The van der Waals surface area contributed by atoms with E-state index in [9.17, 15) is 9.59 Å². The number of esters is 1. The summed E-state index contributed by atoms with van der Waals surface area (Å²) < 4.78 is 10.7. The molecule has 1 unspecified atom stereocenters. The standard InChI is InChI=1S/C19H27N3O4/c1-3-25-18(23)16-14(12-22(2)11-13-7-4-5-8-13)20-19(24)21-17(16)15-9-6-10-26-15/h6,9-10,13,17H,3-5,7-8,11-12H2,1-2H3,(H2,20,21,24). The number of hydrogen-bond acceptors (Lipinski definition) is 5. The number of furan rings is 1. The molecule has 1 aromatic rings. The highest BCUT2D eigenvalue weighted by Crippen LogP contribution is 2.29. The van der Waals surface area contributed by atoms with Gasteiger partial charge in [-0.3, -0.25) is 0 Å². The van der Waals surface area contributed by atoms with Crippen LogP contribution in [0.15, 0.2) is 34.1 Å². The quantitative estimate of drug-likeness (QED) is 0.729. The Labute approximate surface area is 153 Å². The van der Waals surface area contributed by atoms with Crippen LogP contribution >= 0.6 is 0 Å². The van der Waals surface area contributed by atoms with Crippen LogP contribution in [0.25, 0.3) is 0 Å². The first-order chi connectivity index (χ1) is 12.6. The molecule has 2 heterocycles. The van der Waals surface area contributed by atoms with Gasteiger partial charge in [0, 0.05) is 18.8 Å². The minimum absolute atomic E-state index is 0.270. The summed E-state index contributed by atoms with van der Waals surface area (Å²) in [7, 11) is 2.02. The van der Waals surface area contributed by atoms with E-state index in [0.717, 1.165) is 6.54 Å². The van der Waals surface area contributed by atoms with Gasteiger partial charge < -0.3 is 24.7 Å². The van der Waals surface area contributed by atoms with Gasteiger partial charge in [-0.15, -0.1) is 0 Å². The third kappa shape index (κ3) is 4.27. The predicted octanol–water partition coefficient (Wildman–Crippen LogP) is 2.57. The number of urea groups is 1. The van der Waals surface area contributed by atoms with Crippen LogP contribution in [0.4, 0.5) is 4.79 Å². The van der Waals surface area contributed by atoms with Crippen molar-refractivity contribution in [3.8, 4) is 0 Å². The fraction of sp³-hybridized carbons (Fsp3) is 0.579. The SMILES string of the molecule is CCOC(=O)C1=C(CN(C)CC2CCCC2)NC(=O)NC1c1ccco1. The molecule has 7 nitrogen and oxygen atoms in total. The molecule has 7 heteroatoms. The van der Waals surface area contributed by atoms with Crippen molar-refractivity contribution in [3.05, 3.63) is 35.4 Å². The highest BCUT2D eigenvalue weighted by molar-refractivity contribution is 5.95. The summed E-state index contributed by atoms with van der Waals surface area (Å²) in [5.41, 5.74) is 0.980. The lowest BCUT2D eigenvalue weighted by atomic mass is 9.99. The van der Waals surface area contributed by atoms with E-state index in [-0.39, 0.29) is 12.6 Å². The topological polar surface area (TPSA) is 83.8 Å². The average Bonchev–Trinajstić information content (AvgIpc) is 3.27. The molecule has 0 aromatic carbocycles. The first kappa shape index (κ1) is 18.5. The third-order valence-electron chi connectivity index (χ3n) is 4.95. The molecule has 1 aliphatic heterocycles. The van der Waals surface area contributed by atoms with Gasteiger partial charge in [0.15, 0.2) is 0 Å². The molecule has 1 aliphatic carbocycles. The first-order valence-corrected chi connectivity index (χ1v) is 9.28. The second-order valence-corrected chi connectivity index (χ2v) is 7.01.